The van der Waals surface area contributed by atoms with E-state index in [2.05, 4.69) is 15.3 Å². The fraction of sp³-hybridized carbons (Fsp3) is 0.333. The molecule has 3 heterocycles. The van der Waals surface area contributed by atoms with Crippen molar-refractivity contribution in [3.05, 3.63) is 52.4 Å². The van der Waals surface area contributed by atoms with E-state index in [-0.39, 0.29) is 23.5 Å². The minimum absolute atomic E-state index is 0.0606. The molecule has 3 aromatic rings. The smallest absolute Gasteiger partial charge is 0.264 e. The van der Waals surface area contributed by atoms with Crippen molar-refractivity contribution in [2.24, 2.45) is 11.7 Å². The zero-order valence-corrected chi connectivity index (χ0v) is 17.3. The Morgan fingerprint density at radius 3 is 2.77 bits per heavy atom. The summed E-state index contributed by atoms with van der Waals surface area (Å²) in [5.74, 6) is -0.202. The average Bonchev–Trinajstić information content (AvgIpc) is 3.09. The Balaban J connectivity index is 1.56. The average molecular weight is 428 g/mol. The standard InChI is InChI=1S/C21H22FN5O2S/c1-12-16-19(24-10-13-3-2-4-15(22)9-13)25-11-26-20(16)30-17(12)21(29)27-7-5-14(6-8-27)18(23)28/h2-4,9,11,14H,5-8,10H2,1H3,(H2,23,28)(H,24,25,26). The number of hydrogen-bond donors (Lipinski definition) is 2. The molecule has 156 valence electrons. The van der Waals surface area contributed by atoms with Crippen LogP contribution in [0.1, 0.15) is 33.6 Å². The first-order valence-electron chi connectivity index (χ1n) is 9.75. The van der Waals surface area contributed by atoms with E-state index in [1.54, 1.807) is 11.0 Å². The molecule has 4 rings (SSSR count). The van der Waals surface area contributed by atoms with Crippen LogP contribution in [-0.2, 0) is 11.3 Å². The molecule has 30 heavy (non-hydrogen) atoms. The molecule has 0 bridgehead atoms. The molecule has 7 nitrogen and oxygen atoms in total. The largest absolute Gasteiger partial charge is 0.369 e. The number of rotatable bonds is 5. The number of halogens is 1. The molecule has 0 unspecified atom stereocenters. The number of fused-ring (bicyclic) bond motifs is 1. The molecule has 3 N–H and O–H groups in total. The van der Waals surface area contributed by atoms with E-state index >= 15 is 0 Å². The lowest BCUT2D eigenvalue weighted by Gasteiger charge is -2.30. The molecule has 1 fully saturated rings. The Labute approximate surface area is 177 Å². The van der Waals surface area contributed by atoms with E-state index in [1.165, 1.54) is 29.8 Å². The number of hydrogen-bond acceptors (Lipinski definition) is 6. The second kappa shape index (κ2) is 8.35. The predicted molar refractivity (Wildman–Crippen MR) is 114 cm³/mol. The zero-order valence-electron chi connectivity index (χ0n) is 16.5. The minimum Gasteiger partial charge on any atom is -0.369 e. The van der Waals surface area contributed by atoms with Gasteiger partial charge >= 0.3 is 0 Å². The number of nitrogens with zero attached hydrogens (tertiary/aromatic N) is 3. The molecule has 0 aliphatic carbocycles. The summed E-state index contributed by atoms with van der Waals surface area (Å²) in [4.78, 5) is 36.3. The summed E-state index contributed by atoms with van der Waals surface area (Å²) in [6, 6.07) is 6.37. The third-order valence-corrected chi connectivity index (χ3v) is 6.64. The van der Waals surface area contributed by atoms with E-state index in [1.807, 2.05) is 13.0 Å². The summed E-state index contributed by atoms with van der Waals surface area (Å²) in [5, 5.41) is 4.03. The quantitative estimate of drug-likeness (QED) is 0.652. The second-order valence-corrected chi connectivity index (χ2v) is 8.41. The van der Waals surface area contributed by atoms with Crippen LogP contribution in [0, 0.1) is 18.7 Å². The summed E-state index contributed by atoms with van der Waals surface area (Å²) < 4.78 is 13.4. The highest BCUT2D eigenvalue weighted by Crippen LogP contribution is 2.34. The molecule has 0 atom stereocenters. The maximum absolute atomic E-state index is 13.4. The molecule has 1 saturated heterocycles. The number of likely N-dealkylation sites (tertiary alicyclic amines) is 1. The van der Waals surface area contributed by atoms with Crippen LogP contribution in [0.4, 0.5) is 10.2 Å². The number of aryl methyl sites for hydroxylation is 1. The lowest BCUT2D eigenvalue weighted by atomic mass is 9.96. The van der Waals surface area contributed by atoms with Crippen molar-refractivity contribution in [3.8, 4) is 0 Å². The number of carbonyl (C=O) groups is 2. The predicted octanol–water partition coefficient (Wildman–Crippen LogP) is 3.09. The molecule has 0 saturated carbocycles. The molecule has 1 aliphatic heterocycles. The van der Waals surface area contributed by atoms with Gasteiger partial charge in [-0.3, -0.25) is 9.59 Å². The van der Waals surface area contributed by atoms with Crippen LogP contribution in [0.5, 0.6) is 0 Å². The van der Waals surface area contributed by atoms with Crippen molar-refractivity contribution in [1.82, 2.24) is 14.9 Å². The number of anilines is 1. The van der Waals surface area contributed by atoms with Gasteiger partial charge in [-0.2, -0.15) is 0 Å². The van der Waals surface area contributed by atoms with Crippen LogP contribution in [-0.4, -0.2) is 39.8 Å². The summed E-state index contributed by atoms with van der Waals surface area (Å²) in [6.07, 6.45) is 2.63. The first-order valence-corrected chi connectivity index (χ1v) is 10.6. The molecule has 0 radical (unpaired) electrons. The van der Waals surface area contributed by atoms with E-state index in [0.717, 1.165) is 21.3 Å². The molecule has 1 aromatic carbocycles. The summed E-state index contributed by atoms with van der Waals surface area (Å²) in [6.45, 7) is 3.31. The number of nitrogens with one attached hydrogen (secondary N) is 1. The van der Waals surface area contributed by atoms with Crippen LogP contribution in [0.25, 0.3) is 10.2 Å². The zero-order chi connectivity index (χ0) is 21.3. The van der Waals surface area contributed by atoms with Crippen LogP contribution < -0.4 is 11.1 Å². The van der Waals surface area contributed by atoms with Gasteiger partial charge in [0.05, 0.1) is 10.3 Å². The number of nitrogens with two attached hydrogens (primary N) is 1. The third-order valence-electron chi connectivity index (χ3n) is 5.45. The molecule has 2 aromatic heterocycles. The van der Waals surface area contributed by atoms with Crippen molar-refractivity contribution in [1.29, 1.82) is 0 Å². The molecular weight excluding hydrogens is 405 g/mol. The molecule has 1 aliphatic rings. The molecular formula is C21H22FN5O2S. The normalized spacial score (nSPS) is 14.8. The number of amides is 2. The summed E-state index contributed by atoms with van der Waals surface area (Å²) >= 11 is 1.34. The SMILES string of the molecule is Cc1c(C(=O)N2CCC(C(N)=O)CC2)sc2ncnc(NCc3cccc(F)c3)c12. The number of primary amides is 1. The Hall–Kier alpha value is -3.07. The highest BCUT2D eigenvalue weighted by Gasteiger charge is 2.29. The highest BCUT2D eigenvalue weighted by molar-refractivity contribution is 7.20. The van der Waals surface area contributed by atoms with E-state index in [9.17, 15) is 14.0 Å². The van der Waals surface area contributed by atoms with Crippen molar-refractivity contribution in [2.75, 3.05) is 18.4 Å². The van der Waals surface area contributed by atoms with Gasteiger partial charge in [0.1, 0.15) is 22.8 Å². The van der Waals surface area contributed by atoms with Crippen LogP contribution in [0.2, 0.25) is 0 Å². The third kappa shape index (κ3) is 3.97. The monoisotopic (exact) mass is 427 g/mol. The van der Waals surface area contributed by atoms with Gasteiger partial charge in [0.15, 0.2) is 0 Å². The number of carbonyl (C=O) groups excluding carboxylic acids is 2. The van der Waals surface area contributed by atoms with Crippen LogP contribution in [0.15, 0.2) is 30.6 Å². The Kier molecular flexibility index (Phi) is 5.63. The van der Waals surface area contributed by atoms with Crippen molar-refractivity contribution < 1.29 is 14.0 Å². The highest BCUT2D eigenvalue weighted by atomic mass is 32.1. The fourth-order valence-corrected chi connectivity index (χ4v) is 4.87. The van der Waals surface area contributed by atoms with Gasteiger partial charge in [-0.25, -0.2) is 14.4 Å². The maximum Gasteiger partial charge on any atom is 0.264 e. The summed E-state index contributed by atoms with van der Waals surface area (Å²) in [5.41, 5.74) is 7.00. The Bertz CT molecular complexity index is 1110. The van der Waals surface area contributed by atoms with Gasteiger partial charge in [-0.1, -0.05) is 12.1 Å². The topological polar surface area (TPSA) is 101 Å². The fourth-order valence-electron chi connectivity index (χ4n) is 3.75. The second-order valence-electron chi connectivity index (χ2n) is 7.41. The van der Waals surface area contributed by atoms with E-state index in [0.29, 0.717) is 43.2 Å². The molecule has 9 heteroatoms. The van der Waals surface area contributed by atoms with E-state index in [4.69, 9.17) is 5.73 Å². The van der Waals surface area contributed by atoms with Crippen LogP contribution in [0.3, 0.4) is 0 Å². The number of benzene rings is 1. The molecule has 0 spiro atoms. The van der Waals surface area contributed by atoms with E-state index < -0.39 is 0 Å². The van der Waals surface area contributed by atoms with Gasteiger partial charge in [-0.15, -0.1) is 11.3 Å². The van der Waals surface area contributed by atoms with Gasteiger partial charge < -0.3 is 16.0 Å². The van der Waals surface area contributed by atoms with Gasteiger partial charge in [-0.05, 0) is 43.0 Å². The Morgan fingerprint density at radius 2 is 2.07 bits per heavy atom. The first kappa shape index (κ1) is 20.2. The van der Waals surface area contributed by atoms with Crippen molar-refractivity contribution >= 4 is 39.2 Å². The van der Waals surface area contributed by atoms with Gasteiger partial charge in [0.2, 0.25) is 5.91 Å². The number of aromatic nitrogens is 2. The van der Waals surface area contributed by atoms with Crippen molar-refractivity contribution in [2.45, 2.75) is 26.3 Å². The number of piperidine rings is 1. The lowest BCUT2D eigenvalue weighted by Crippen LogP contribution is -2.41. The van der Waals surface area contributed by atoms with Crippen LogP contribution >= 0.6 is 11.3 Å². The minimum atomic E-state index is -0.301. The first-order chi connectivity index (χ1) is 14.4. The molecule has 2 amide bonds. The summed E-state index contributed by atoms with van der Waals surface area (Å²) in [7, 11) is 0. The van der Waals surface area contributed by atoms with Gasteiger partial charge in [0.25, 0.3) is 5.91 Å². The number of thiophene rings is 1. The van der Waals surface area contributed by atoms with Crippen molar-refractivity contribution in [3.63, 3.8) is 0 Å². The lowest BCUT2D eigenvalue weighted by molar-refractivity contribution is -0.123. The maximum atomic E-state index is 13.4. The van der Waals surface area contributed by atoms with Gasteiger partial charge in [0, 0.05) is 25.6 Å². The Morgan fingerprint density at radius 1 is 1.30 bits per heavy atom.